The van der Waals surface area contributed by atoms with E-state index in [0.29, 0.717) is 5.56 Å². The van der Waals surface area contributed by atoms with E-state index in [-0.39, 0.29) is 32.7 Å². The molecule has 14 heteroatoms. The van der Waals surface area contributed by atoms with Crippen molar-refractivity contribution < 1.29 is 19.1 Å². The fraction of sp³-hybridized carbons (Fsp3) is 0.0769. The highest BCUT2D eigenvalue weighted by Gasteiger charge is 2.15. The van der Waals surface area contributed by atoms with Gasteiger partial charge in [-0.25, -0.2) is 4.98 Å². The average Bonchev–Trinajstić information content (AvgIpc) is 3.29. The van der Waals surface area contributed by atoms with Crippen LogP contribution in [-0.4, -0.2) is 36.7 Å². The van der Waals surface area contributed by atoms with E-state index >= 15 is 0 Å². The number of carbonyl (C=O) groups is 1. The Balaban J connectivity index is 1.56. The van der Waals surface area contributed by atoms with Crippen LogP contribution in [0, 0.1) is 20.2 Å². The summed E-state index contributed by atoms with van der Waals surface area (Å²) in [6.45, 7) is 0. The molecule has 0 saturated carbocycles. The number of nitro benzene ring substituents is 1. The lowest BCUT2D eigenvalue weighted by Gasteiger charge is -1.98. The van der Waals surface area contributed by atoms with Gasteiger partial charge in [-0.15, -0.1) is 10.2 Å². The number of hydrogen-bond donors (Lipinski definition) is 1. The number of benzene rings is 1. The number of nitrogens with zero attached hydrogens (tertiary/aromatic N) is 5. The Bertz CT molecular complexity index is 1000. The summed E-state index contributed by atoms with van der Waals surface area (Å²) >= 11 is 1.71. The van der Waals surface area contributed by atoms with Crippen LogP contribution >= 0.6 is 23.1 Å². The van der Waals surface area contributed by atoms with Gasteiger partial charge in [0.15, 0.2) is 5.13 Å². The maximum absolute atomic E-state index is 11.9. The molecule has 0 saturated heterocycles. The minimum atomic E-state index is -0.597. The lowest BCUT2D eigenvalue weighted by atomic mass is 10.2. The number of non-ortho nitro benzene ring substituents is 1. The molecule has 3 aromatic rings. The molecule has 138 valence electrons. The number of carbonyl (C=O) groups excluding carboxylic acids is 1. The topological polar surface area (TPSA) is 167 Å². The highest BCUT2D eigenvalue weighted by atomic mass is 32.2. The maximum Gasteiger partial charge on any atom is 0.345 e. The summed E-state index contributed by atoms with van der Waals surface area (Å²) in [5, 5.41) is 31.3. The van der Waals surface area contributed by atoms with E-state index in [1.807, 2.05) is 0 Å². The number of anilines is 1. The van der Waals surface area contributed by atoms with Gasteiger partial charge in [-0.05, 0) is 23.5 Å². The monoisotopic (exact) mass is 408 g/mol. The Kier molecular flexibility index (Phi) is 5.37. The van der Waals surface area contributed by atoms with Crippen LogP contribution in [0.1, 0.15) is 0 Å². The molecule has 0 atom stereocenters. The minimum Gasteiger partial charge on any atom is -0.411 e. The second-order valence-corrected chi connectivity index (χ2v) is 6.71. The maximum atomic E-state index is 11.9. The van der Waals surface area contributed by atoms with Crippen molar-refractivity contribution in [1.82, 2.24) is 15.2 Å². The largest absolute Gasteiger partial charge is 0.411 e. The van der Waals surface area contributed by atoms with E-state index in [4.69, 9.17) is 4.42 Å². The predicted octanol–water partition coefficient (Wildman–Crippen LogP) is 2.74. The van der Waals surface area contributed by atoms with E-state index in [1.165, 1.54) is 24.3 Å². The highest BCUT2D eigenvalue weighted by Crippen LogP contribution is 2.27. The first kappa shape index (κ1) is 18.4. The molecule has 2 aromatic heterocycles. The number of nitro groups is 2. The van der Waals surface area contributed by atoms with Crippen LogP contribution in [0.15, 0.2) is 40.1 Å². The molecule has 0 aliphatic heterocycles. The summed E-state index contributed by atoms with van der Waals surface area (Å²) in [6, 6.07) is 5.57. The fourth-order valence-corrected chi connectivity index (χ4v) is 3.01. The van der Waals surface area contributed by atoms with Gasteiger partial charge in [0.1, 0.15) is 6.20 Å². The predicted molar refractivity (Wildman–Crippen MR) is 94.5 cm³/mol. The summed E-state index contributed by atoms with van der Waals surface area (Å²) in [4.78, 5) is 35.7. The smallest absolute Gasteiger partial charge is 0.345 e. The second-order valence-electron chi connectivity index (χ2n) is 4.77. The fourth-order valence-electron chi connectivity index (χ4n) is 1.80. The molecule has 27 heavy (non-hydrogen) atoms. The van der Waals surface area contributed by atoms with Gasteiger partial charge in [0.2, 0.25) is 11.8 Å². The van der Waals surface area contributed by atoms with Gasteiger partial charge in [0.25, 0.3) is 10.9 Å². The third kappa shape index (κ3) is 4.62. The highest BCUT2D eigenvalue weighted by molar-refractivity contribution is 7.99. The Morgan fingerprint density at radius 3 is 2.56 bits per heavy atom. The summed E-state index contributed by atoms with van der Waals surface area (Å²) in [7, 11) is 0. The lowest BCUT2D eigenvalue weighted by Crippen LogP contribution is -2.13. The first-order chi connectivity index (χ1) is 12.9. The van der Waals surface area contributed by atoms with Crippen LogP contribution in [0.5, 0.6) is 0 Å². The van der Waals surface area contributed by atoms with Gasteiger partial charge < -0.3 is 9.73 Å². The van der Waals surface area contributed by atoms with E-state index in [0.717, 1.165) is 29.3 Å². The van der Waals surface area contributed by atoms with Crippen molar-refractivity contribution in [2.45, 2.75) is 5.22 Å². The number of aromatic nitrogens is 3. The van der Waals surface area contributed by atoms with Crippen LogP contribution in [0.2, 0.25) is 0 Å². The Labute approximate surface area is 157 Å². The molecule has 0 aliphatic rings. The molecule has 0 spiro atoms. The number of rotatable bonds is 7. The summed E-state index contributed by atoms with van der Waals surface area (Å²) in [5.41, 5.74) is 0.437. The van der Waals surface area contributed by atoms with E-state index in [1.54, 1.807) is 0 Å². The first-order valence-electron chi connectivity index (χ1n) is 7.03. The lowest BCUT2D eigenvalue weighted by molar-refractivity contribution is -0.384. The molecule has 0 unspecified atom stereocenters. The van der Waals surface area contributed by atoms with E-state index in [2.05, 4.69) is 20.5 Å². The third-order valence-electron chi connectivity index (χ3n) is 2.98. The quantitative estimate of drug-likeness (QED) is 0.348. The number of thioether (sulfide) groups is 1. The van der Waals surface area contributed by atoms with Gasteiger partial charge in [-0.2, -0.15) is 0 Å². The normalized spacial score (nSPS) is 10.5. The number of amides is 1. The van der Waals surface area contributed by atoms with Crippen molar-refractivity contribution in [2.75, 3.05) is 11.1 Å². The first-order valence-corrected chi connectivity index (χ1v) is 8.84. The molecule has 1 amide bonds. The van der Waals surface area contributed by atoms with Crippen LogP contribution < -0.4 is 5.32 Å². The molecule has 0 aliphatic carbocycles. The zero-order chi connectivity index (χ0) is 19.4. The number of nitrogens with one attached hydrogen (secondary N) is 1. The zero-order valence-corrected chi connectivity index (χ0v) is 14.7. The van der Waals surface area contributed by atoms with Gasteiger partial charge in [-0.1, -0.05) is 11.8 Å². The summed E-state index contributed by atoms with van der Waals surface area (Å²) in [6.07, 6.45) is 1.06. The van der Waals surface area contributed by atoms with E-state index < -0.39 is 15.8 Å². The molecule has 0 bridgehead atoms. The molecule has 0 radical (unpaired) electrons. The molecule has 0 fully saturated rings. The molecular formula is C13H8N6O6S2. The zero-order valence-electron chi connectivity index (χ0n) is 13.1. The Morgan fingerprint density at radius 2 is 1.93 bits per heavy atom. The van der Waals surface area contributed by atoms with Crippen LogP contribution in [0.4, 0.5) is 15.8 Å². The van der Waals surface area contributed by atoms with Gasteiger partial charge in [-0.3, -0.25) is 25.0 Å². The van der Waals surface area contributed by atoms with Crippen molar-refractivity contribution >= 4 is 44.8 Å². The summed E-state index contributed by atoms with van der Waals surface area (Å²) in [5.74, 6) is -0.363. The van der Waals surface area contributed by atoms with Crippen molar-refractivity contribution in [3.8, 4) is 11.5 Å². The van der Waals surface area contributed by atoms with Crippen molar-refractivity contribution in [1.29, 1.82) is 0 Å². The van der Waals surface area contributed by atoms with Crippen LogP contribution in [0.3, 0.4) is 0 Å². The molecular weight excluding hydrogens is 400 g/mol. The number of thiazole rings is 1. The summed E-state index contributed by atoms with van der Waals surface area (Å²) < 4.78 is 5.39. The SMILES string of the molecule is O=C(CSc1nnc(-c2ccc([N+](=O)[O-])cc2)o1)Nc1ncc([N+](=O)[O-])s1. The Morgan fingerprint density at radius 1 is 1.19 bits per heavy atom. The second kappa shape index (κ2) is 7.88. The van der Waals surface area contributed by atoms with Gasteiger partial charge in [0.05, 0.1) is 15.6 Å². The Hall–Kier alpha value is -3.39. The van der Waals surface area contributed by atoms with Gasteiger partial charge >= 0.3 is 5.00 Å². The van der Waals surface area contributed by atoms with Crippen molar-refractivity contribution in [3.63, 3.8) is 0 Å². The third-order valence-corrected chi connectivity index (χ3v) is 4.66. The number of hydrogen-bond acceptors (Lipinski definition) is 11. The molecule has 3 rings (SSSR count). The van der Waals surface area contributed by atoms with Crippen LogP contribution in [0.25, 0.3) is 11.5 Å². The van der Waals surface area contributed by atoms with Crippen molar-refractivity contribution in [3.05, 3.63) is 50.7 Å². The standard InChI is InChI=1S/C13H8N6O6S2/c20-9(15-12-14-5-10(27-12)19(23)24)6-26-13-17-16-11(25-13)7-1-3-8(4-2-7)18(21)22/h1-5H,6H2,(H,14,15,20). The van der Waals surface area contributed by atoms with Gasteiger partial charge in [0, 0.05) is 17.7 Å². The molecule has 1 N–H and O–H groups in total. The molecule has 1 aromatic carbocycles. The van der Waals surface area contributed by atoms with Crippen molar-refractivity contribution in [2.24, 2.45) is 0 Å². The average molecular weight is 408 g/mol. The molecule has 2 heterocycles. The van der Waals surface area contributed by atoms with E-state index in [9.17, 15) is 25.0 Å². The minimum absolute atomic E-state index is 0.0630. The molecule has 12 nitrogen and oxygen atoms in total. The van der Waals surface area contributed by atoms with Crippen LogP contribution in [-0.2, 0) is 4.79 Å².